The maximum atomic E-state index is 4.58. The number of nitrogens with one attached hydrogen (secondary N) is 1. The first kappa shape index (κ1) is 8.05. The van der Waals surface area contributed by atoms with Gasteiger partial charge in [-0.1, -0.05) is 13.8 Å². The Kier molecular flexibility index (Phi) is 2.05. The number of piperazine rings is 1. The predicted molar refractivity (Wildman–Crippen MR) is 52.6 cm³/mol. The van der Waals surface area contributed by atoms with Gasteiger partial charge in [0.25, 0.3) is 0 Å². The van der Waals surface area contributed by atoms with Gasteiger partial charge in [-0.2, -0.15) is 0 Å². The van der Waals surface area contributed by atoms with Gasteiger partial charge in [0.15, 0.2) is 0 Å². The van der Waals surface area contributed by atoms with Gasteiger partial charge in [0, 0.05) is 27.0 Å². The number of hydrogen-bond donors (Lipinski definition) is 1. The quantitative estimate of drug-likeness (QED) is 0.621. The summed E-state index contributed by atoms with van der Waals surface area (Å²) in [6, 6.07) is 0.649. The van der Waals surface area contributed by atoms with Crippen LogP contribution in [0.15, 0.2) is 4.99 Å². The van der Waals surface area contributed by atoms with Crippen LogP contribution in [-0.2, 0) is 0 Å². The molecule has 0 amide bonds. The highest BCUT2D eigenvalue weighted by Gasteiger charge is 2.30. The normalized spacial score (nSPS) is 29.1. The molecule has 1 atom stereocenters. The van der Waals surface area contributed by atoms with Gasteiger partial charge in [0.2, 0.25) is 0 Å². The van der Waals surface area contributed by atoms with Gasteiger partial charge in [0.05, 0.1) is 12.6 Å². The molecular formula is C9H19N3. The van der Waals surface area contributed by atoms with E-state index < -0.39 is 0 Å². The Labute approximate surface area is 75.3 Å². The van der Waals surface area contributed by atoms with Crippen molar-refractivity contribution in [1.82, 2.24) is 10.2 Å². The zero-order valence-corrected chi connectivity index (χ0v) is 7.88. The molecule has 70 valence electrons. The van der Waals surface area contributed by atoms with Crippen molar-refractivity contribution in [2.45, 2.75) is 19.9 Å². The predicted octanol–water partition coefficient (Wildman–Crippen LogP) is 0.574. The molecule has 3 heteroatoms. The highest BCUT2D eigenvalue weighted by atomic mass is 15.3. The Morgan fingerprint density at radius 1 is 1.67 bits per heavy atom. The van der Waals surface area contributed by atoms with E-state index in [4.69, 9.17) is 0 Å². The highest BCUT2D eigenvalue weighted by Crippen LogP contribution is 2.16. The lowest BCUT2D eigenvalue weighted by Gasteiger charge is -2.33. The standard InChI is InChI=1S/C9H17N3.H2/c1-7(2)9-11-6-8-5-10-3-4-12(8)9;/h7-8,10H,3-6H2,1-2H3;1H. The molecule has 0 aromatic heterocycles. The minimum Gasteiger partial charge on any atom is -0.353 e. The van der Waals surface area contributed by atoms with E-state index in [0.717, 1.165) is 26.2 Å². The molecule has 0 aliphatic carbocycles. The fourth-order valence-electron chi connectivity index (χ4n) is 2.03. The molecule has 2 heterocycles. The topological polar surface area (TPSA) is 27.6 Å². The molecule has 2 rings (SSSR count). The van der Waals surface area contributed by atoms with Crippen LogP contribution in [0.25, 0.3) is 0 Å². The lowest BCUT2D eigenvalue weighted by atomic mass is 10.1. The Bertz CT molecular complexity index is 203. The number of amidine groups is 1. The molecule has 0 aromatic rings. The Morgan fingerprint density at radius 2 is 2.50 bits per heavy atom. The van der Waals surface area contributed by atoms with Crippen LogP contribution >= 0.6 is 0 Å². The van der Waals surface area contributed by atoms with Crippen LogP contribution in [0, 0.1) is 5.92 Å². The molecule has 1 saturated heterocycles. The van der Waals surface area contributed by atoms with Crippen LogP contribution < -0.4 is 5.32 Å². The zero-order valence-electron chi connectivity index (χ0n) is 7.88. The summed E-state index contributed by atoms with van der Waals surface area (Å²) in [4.78, 5) is 7.06. The average Bonchev–Trinajstić information content (AvgIpc) is 2.47. The second-order valence-corrected chi connectivity index (χ2v) is 3.90. The number of fused-ring (bicyclic) bond motifs is 1. The first-order valence-electron chi connectivity index (χ1n) is 4.80. The van der Waals surface area contributed by atoms with E-state index in [2.05, 4.69) is 29.1 Å². The molecule has 1 N–H and O–H groups in total. The van der Waals surface area contributed by atoms with Crippen molar-refractivity contribution < 1.29 is 1.43 Å². The number of hydrogen-bond acceptors (Lipinski definition) is 3. The number of nitrogens with zero attached hydrogens (tertiary/aromatic N) is 2. The summed E-state index contributed by atoms with van der Waals surface area (Å²) in [5.41, 5.74) is 0. The van der Waals surface area contributed by atoms with Crippen LogP contribution in [0.2, 0.25) is 0 Å². The number of rotatable bonds is 1. The molecule has 1 unspecified atom stereocenters. The van der Waals surface area contributed by atoms with Gasteiger partial charge in [-0.25, -0.2) is 0 Å². The van der Waals surface area contributed by atoms with Crippen LogP contribution in [0.5, 0.6) is 0 Å². The van der Waals surface area contributed by atoms with E-state index in [0.29, 0.717) is 12.0 Å². The zero-order chi connectivity index (χ0) is 8.55. The Balaban J connectivity index is 0.000000845. The van der Waals surface area contributed by atoms with Gasteiger partial charge in [0.1, 0.15) is 5.84 Å². The van der Waals surface area contributed by atoms with Gasteiger partial charge >= 0.3 is 0 Å². The van der Waals surface area contributed by atoms with Gasteiger partial charge in [-0.05, 0) is 0 Å². The van der Waals surface area contributed by atoms with E-state index in [9.17, 15) is 0 Å². The minimum atomic E-state index is 0. The summed E-state index contributed by atoms with van der Waals surface area (Å²) in [6.45, 7) is 8.82. The van der Waals surface area contributed by atoms with Crippen molar-refractivity contribution >= 4 is 5.84 Å². The Morgan fingerprint density at radius 3 is 3.25 bits per heavy atom. The summed E-state index contributed by atoms with van der Waals surface area (Å²) >= 11 is 0. The van der Waals surface area contributed by atoms with Gasteiger partial charge < -0.3 is 10.2 Å². The molecule has 0 aromatic carbocycles. The molecule has 3 nitrogen and oxygen atoms in total. The van der Waals surface area contributed by atoms with Crippen LogP contribution in [0.4, 0.5) is 0 Å². The molecule has 1 fully saturated rings. The third-order valence-corrected chi connectivity index (χ3v) is 2.62. The number of aliphatic imine (C=N–C) groups is 1. The molecule has 0 saturated carbocycles. The molecule has 0 spiro atoms. The third kappa shape index (κ3) is 1.22. The maximum absolute atomic E-state index is 4.58. The van der Waals surface area contributed by atoms with Crippen molar-refractivity contribution in [3.63, 3.8) is 0 Å². The molecule has 0 bridgehead atoms. The summed E-state index contributed by atoms with van der Waals surface area (Å²) in [5, 5.41) is 3.40. The van der Waals surface area contributed by atoms with Crippen molar-refractivity contribution in [3.05, 3.63) is 0 Å². The molecular weight excluding hydrogens is 150 g/mol. The second-order valence-electron chi connectivity index (χ2n) is 3.90. The fourth-order valence-corrected chi connectivity index (χ4v) is 2.03. The average molecular weight is 169 g/mol. The van der Waals surface area contributed by atoms with Crippen molar-refractivity contribution in [2.24, 2.45) is 10.9 Å². The van der Waals surface area contributed by atoms with Gasteiger partial charge in [-0.3, -0.25) is 4.99 Å². The lowest BCUT2D eigenvalue weighted by Crippen LogP contribution is -2.52. The first-order valence-corrected chi connectivity index (χ1v) is 4.80. The van der Waals surface area contributed by atoms with E-state index >= 15 is 0 Å². The largest absolute Gasteiger partial charge is 0.353 e. The monoisotopic (exact) mass is 169 g/mol. The molecule has 12 heavy (non-hydrogen) atoms. The van der Waals surface area contributed by atoms with Crippen LogP contribution in [-0.4, -0.2) is 43.0 Å². The SMILES string of the molecule is CC(C)C1=NCC2CNCCN12.[HH]. The summed E-state index contributed by atoms with van der Waals surface area (Å²) in [7, 11) is 0. The summed E-state index contributed by atoms with van der Waals surface area (Å²) in [6.07, 6.45) is 0. The summed E-state index contributed by atoms with van der Waals surface area (Å²) < 4.78 is 0. The lowest BCUT2D eigenvalue weighted by molar-refractivity contribution is 0.277. The van der Waals surface area contributed by atoms with Crippen LogP contribution in [0.1, 0.15) is 15.3 Å². The first-order chi connectivity index (χ1) is 5.79. The third-order valence-electron chi connectivity index (χ3n) is 2.62. The minimum absolute atomic E-state index is 0. The second kappa shape index (κ2) is 3.05. The van der Waals surface area contributed by atoms with Crippen molar-refractivity contribution in [3.8, 4) is 0 Å². The smallest absolute Gasteiger partial charge is 0.102 e. The van der Waals surface area contributed by atoms with E-state index in [1.165, 1.54) is 5.84 Å². The van der Waals surface area contributed by atoms with Crippen molar-refractivity contribution in [1.29, 1.82) is 0 Å². The summed E-state index contributed by atoms with van der Waals surface area (Å²) in [5.74, 6) is 1.91. The van der Waals surface area contributed by atoms with E-state index in [1.54, 1.807) is 0 Å². The molecule has 0 radical (unpaired) electrons. The van der Waals surface area contributed by atoms with Crippen LogP contribution in [0.3, 0.4) is 0 Å². The highest BCUT2D eigenvalue weighted by molar-refractivity contribution is 5.86. The maximum Gasteiger partial charge on any atom is 0.102 e. The Hall–Kier alpha value is -0.570. The van der Waals surface area contributed by atoms with E-state index in [-0.39, 0.29) is 1.43 Å². The fraction of sp³-hybridized carbons (Fsp3) is 0.889. The molecule has 2 aliphatic rings. The van der Waals surface area contributed by atoms with Gasteiger partial charge in [-0.15, -0.1) is 0 Å². The van der Waals surface area contributed by atoms with E-state index in [1.807, 2.05) is 0 Å². The molecule has 2 aliphatic heterocycles. The van der Waals surface area contributed by atoms with Crippen molar-refractivity contribution in [2.75, 3.05) is 26.2 Å².